The average Bonchev–Trinajstić information content (AvgIpc) is 3.34. The maximum absolute atomic E-state index is 13.6. The Morgan fingerprint density at radius 3 is 2.34 bits per heavy atom. The van der Waals surface area contributed by atoms with E-state index in [1.807, 2.05) is 61.5 Å². The Morgan fingerprint density at radius 2 is 1.61 bits per heavy atom. The molecule has 1 aromatic heterocycles. The molecule has 2 amide bonds. The van der Waals surface area contributed by atoms with Gasteiger partial charge in [0.05, 0.1) is 18.4 Å². The van der Waals surface area contributed by atoms with E-state index < -0.39 is 17.8 Å². The summed E-state index contributed by atoms with van der Waals surface area (Å²) in [4.78, 5) is 26.8. The van der Waals surface area contributed by atoms with E-state index in [2.05, 4.69) is 21.0 Å². The molecule has 0 bridgehead atoms. The molecule has 0 fully saturated rings. The van der Waals surface area contributed by atoms with Crippen LogP contribution in [0.1, 0.15) is 35.8 Å². The molecule has 0 saturated heterocycles. The number of ether oxygens (including phenoxy) is 1. The molecule has 0 aliphatic carbocycles. The Morgan fingerprint density at radius 1 is 0.947 bits per heavy atom. The maximum Gasteiger partial charge on any atom is 0.261 e. The number of amides is 2. The first-order chi connectivity index (χ1) is 18.5. The van der Waals surface area contributed by atoms with Crippen molar-refractivity contribution >= 4 is 29.0 Å². The first kappa shape index (κ1) is 24.8. The third-order valence-corrected chi connectivity index (χ3v) is 6.16. The number of halogens is 1. The Hall–Kier alpha value is -4.92. The van der Waals surface area contributed by atoms with Crippen LogP contribution in [-0.2, 0) is 4.79 Å². The number of para-hydroxylation sites is 2. The lowest BCUT2D eigenvalue weighted by atomic mass is 9.93. The fraction of sp³-hybridized carbons (Fsp3) is 0.138. The van der Waals surface area contributed by atoms with Crippen LogP contribution in [-0.4, -0.2) is 28.2 Å². The van der Waals surface area contributed by atoms with Gasteiger partial charge in [-0.15, -0.1) is 0 Å². The van der Waals surface area contributed by atoms with Crippen LogP contribution in [0.25, 0.3) is 0 Å². The van der Waals surface area contributed by atoms with Gasteiger partial charge in [0.1, 0.15) is 29.0 Å². The molecular formula is C29H26FN5O3. The highest BCUT2D eigenvalue weighted by Crippen LogP contribution is 2.41. The molecule has 0 saturated carbocycles. The largest absolute Gasteiger partial charge is 0.494 e. The fourth-order valence-electron chi connectivity index (χ4n) is 4.45. The van der Waals surface area contributed by atoms with E-state index in [1.54, 1.807) is 11.6 Å². The minimum Gasteiger partial charge on any atom is -0.494 e. The van der Waals surface area contributed by atoms with Gasteiger partial charge in [-0.3, -0.25) is 9.59 Å². The minimum absolute atomic E-state index is 0.273. The molecule has 0 unspecified atom stereocenters. The Balaban J connectivity index is 1.57. The number of hydrogen-bond donors (Lipinski definition) is 3. The van der Waals surface area contributed by atoms with E-state index in [0.29, 0.717) is 40.8 Å². The summed E-state index contributed by atoms with van der Waals surface area (Å²) in [6.45, 7) is 4.11. The molecule has 3 N–H and O–H groups in total. The predicted octanol–water partition coefficient (Wildman–Crippen LogP) is 5.60. The number of fused-ring (bicyclic) bond motifs is 1. The Kier molecular flexibility index (Phi) is 6.90. The van der Waals surface area contributed by atoms with Crippen molar-refractivity contribution in [1.29, 1.82) is 0 Å². The normalized spacial score (nSPS) is 14.3. The molecule has 9 heteroatoms. The second-order valence-corrected chi connectivity index (χ2v) is 8.67. The average molecular weight is 512 g/mol. The predicted molar refractivity (Wildman–Crippen MR) is 144 cm³/mol. The zero-order chi connectivity index (χ0) is 26.6. The lowest BCUT2D eigenvalue weighted by Crippen LogP contribution is -2.32. The molecule has 1 atom stereocenters. The number of allylic oxidation sites excluding steroid dienone is 1. The Bertz CT molecular complexity index is 1510. The molecule has 0 radical (unpaired) electrons. The molecule has 192 valence electrons. The standard InChI is InChI=1S/C29H26FN5O3/c1-3-38-24-12-8-7-11-22(24)26-25(29(37)34-20-9-5-4-6-10-20)18(2)32-27-23(17-31-35(26)27)28(36)33-21-15-13-19(30)14-16-21/h4-17,26,32H,3H2,1-2H3,(H,33,36)(H,34,37)/t26-/m1/s1. The molecule has 38 heavy (non-hydrogen) atoms. The van der Waals surface area contributed by atoms with Gasteiger partial charge < -0.3 is 20.7 Å². The van der Waals surface area contributed by atoms with Gasteiger partial charge >= 0.3 is 0 Å². The lowest BCUT2D eigenvalue weighted by Gasteiger charge is -2.31. The summed E-state index contributed by atoms with van der Waals surface area (Å²) in [5.74, 6) is -0.0956. The van der Waals surface area contributed by atoms with Gasteiger partial charge in [-0.25, -0.2) is 9.07 Å². The smallest absolute Gasteiger partial charge is 0.261 e. The van der Waals surface area contributed by atoms with Crippen LogP contribution in [0.5, 0.6) is 5.75 Å². The van der Waals surface area contributed by atoms with Gasteiger partial charge in [0.15, 0.2) is 0 Å². The lowest BCUT2D eigenvalue weighted by molar-refractivity contribution is -0.113. The van der Waals surface area contributed by atoms with Gasteiger partial charge in [0.25, 0.3) is 11.8 Å². The van der Waals surface area contributed by atoms with Crippen molar-refractivity contribution in [3.63, 3.8) is 0 Å². The molecule has 8 nitrogen and oxygen atoms in total. The highest BCUT2D eigenvalue weighted by atomic mass is 19.1. The Labute approximate surface area is 219 Å². The summed E-state index contributed by atoms with van der Waals surface area (Å²) in [6.07, 6.45) is 1.45. The summed E-state index contributed by atoms with van der Waals surface area (Å²) in [5, 5.41) is 13.5. The maximum atomic E-state index is 13.6. The third-order valence-electron chi connectivity index (χ3n) is 6.16. The van der Waals surface area contributed by atoms with Crippen molar-refractivity contribution in [2.45, 2.75) is 19.9 Å². The first-order valence-corrected chi connectivity index (χ1v) is 12.2. The molecule has 3 aromatic carbocycles. The minimum atomic E-state index is -0.676. The van der Waals surface area contributed by atoms with Crippen LogP contribution in [0.2, 0.25) is 0 Å². The number of hydrogen-bond acceptors (Lipinski definition) is 5. The quantitative estimate of drug-likeness (QED) is 0.300. The summed E-state index contributed by atoms with van der Waals surface area (Å²) in [6, 6.07) is 21.5. The van der Waals surface area contributed by atoms with Gasteiger partial charge in [0.2, 0.25) is 0 Å². The number of carbonyl (C=O) groups is 2. The summed E-state index contributed by atoms with van der Waals surface area (Å²) in [7, 11) is 0. The van der Waals surface area contributed by atoms with Crippen molar-refractivity contribution in [2.24, 2.45) is 0 Å². The van der Waals surface area contributed by atoms with Crippen molar-refractivity contribution in [1.82, 2.24) is 9.78 Å². The van der Waals surface area contributed by atoms with Crippen LogP contribution >= 0.6 is 0 Å². The SMILES string of the molecule is CCOc1ccccc1[C@@H]1C(C(=O)Nc2ccccc2)=C(C)Nc2c(C(=O)Nc3ccc(F)cc3)cnn21. The zero-order valence-electron chi connectivity index (χ0n) is 20.9. The van der Waals surface area contributed by atoms with E-state index in [-0.39, 0.29) is 11.5 Å². The van der Waals surface area contributed by atoms with Crippen LogP contribution in [0.4, 0.5) is 21.6 Å². The van der Waals surface area contributed by atoms with E-state index >= 15 is 0 Å². The molecule has 4 aromatic rings. The second kappa shape index (κ2) is 10.6. The van der Waals surface area contributed by atoms with Gasteiger partial charge in [-0.2, -0.15) is 5.10 Å². The van der Waals surface area contributed by atoms with E-state index in [9.17, 15) is 14.0 Å². The number of nitrogens with zero attached hydrogens (tertiary/aromatic N) is 2. The van der Waals surface area contributed by atoms with Crippen molar-refractivity contribution < 1.29 is 18.7 Å². The van der Waals surface area contributed by atoms with Crippen molar-refractivity contribution in [2.75, 3.05) is 22.6 Å². The summed E-state index contributed by atoms with van der Waals surface area (Å²) in [5.41, 5.74) is 3.10. The first-order valence-electron chi connectivity index (χ1n) is 12.2. The van der Waals surface area contributed by atoms with Crippen LogP contribution in [0.3, 0.4) is 0 Å². The topological polar surface area (TPSA) is 97.3 Å². The number of aromatic nitrogens is 2. The van der Waals surface area contributed by atoms with Crippen LogP contribution < -0.4 is 20.7 Å². The molecule has 5 rings (SSSR count). The molecule has 0 spiro atoms. The monoisotopic (exact) mass is 511 g/mol. The van der Waals surface area contributed by atoms with Crippen molar-refractivity contribution in [3.05, 3.63) is 113 Å². The van der Waals surface area contributed by atoms with Crippen LogP contribution in [0.15, 0.2) is 96.3 Å². The van der Waals surface area contributed by atoms with Gasteiger partial charge in [0, 0.05) is 22.6 Å². The summed E-state index contributed by atoms with van der Waals surface area (Å²) >= 11 is 0. The summed E-state index contributed by atoms with van der Waals surface area (Å²) < 4.78 is 20.8. The van der Waals surface area contributed by atoms with E-state index in [0.717, 1.165) is 5.56 Å². The van der Waals surface area contributed by atoms with E-state index in [1.165, 1.54) is 30.5 Å². The number of benzene rings is 3. The van der Waals surface area contributed by atoms with E-state index in [4.69, 9.17) is 4.74 Å². The highest BCUT2D eigenvalue weighted by molar-refractivity contribution is 6.09. The van der Waals surface area contributed by atoms with Gasteiger partial charge in [-0.05, 0) is 56.3 Å². The van der Waals surface area contributed by atoms with Crippen LogP contribution in [0, 0.1) is 5.82 Å². The molecule has 1 aliphatic heterocycles. The number of rotatable bonds is 7. The third kappa shape index (κ3) is 4.86. The molecule has 2 heterocycles. The molecule has 1 aliphatic rings. The fourth-order valence-corrected chi connectivity index (χ4v) is 4.45. The number of nitrogens with one attached hydrogen (secondary N) is 3. The number of carbonyl (C=O) groups excluding carboxylic acids is 2. The number of anilines is 3. The highest BCUT2D eigenvalue weighted by Gasteiger charge is 2.36. The second-order valence-electron chi connectivity index (χ2n) is 8.67. The van der Waals surface area contributed by atoms with Gasteiger partial charge in [-0.1, -0.05) is 36.4 Å². The van der Waals surface area contributed by atoms with Crippen molar-refractivity contribution in [3.8, 4) is 5.75 Å². The zero-order valence-corrected chi connectivity index (χ0v) is 20.9. The molecular weight excluding hydrogens is 485 g/mol.